The lowest BCUT2D eigenvalue weighted by atomic mass is 9.33. The van der Waals surface area contributed by atoms with Crippen LogP contribution in [-0.2, 0) is 10.8 Å². The lowest BCUT2D eigenvalue weighted by Gasteiger charge is -2.44. The van der Waals surface area contributed by atoms with E-state index in [2.05, 4.69) is 209 Å². The summed E-state index contributed by atoms with van der Waals surface area (Å²) in [6.07, 6.45) is 0. The third kappa shape index (κ3) is 3.15. The average molecular weight is 817 g/mol. The van der Waals surface area contributed by atoms with Crippen LogP contribution in [0.25, 0.3) is 88.4 Å². The lowest BCUT2D eigenvalue weighted by molar-refractivity contribution is 0.749. The van der Waals surface area contributed by atoms with Crippen molar-refractivity contribution in [2.45, 2.75) is 10.8 Å². The van der Waals surface area contributed by atoms with Gasteiger partial charge in [-0.1, -0.05) is 182 Å². The van der Waals surface area contributed by atoms with E-state index in [0.29, 0.717) is 0 Å². The second-order valence-corrected chi connectivity index (χ2v) is 19.3. The van der Waals surface area contributed by atoms with Gasteiger partial charge in [-0.05, 0) is 112 Å². The van der Waals surface area contributed by atoms with Crippen molar-refractivity contribution >= 4 is 66.7 Å². The van der Waals surface area contributed by atoms with E-state index in [0.717, 1.165) is 0 Å². The largest absolute Gasteiger partial charge is 0.310 e. The molecule has 0 saturated heterocycles. The Labute approximate surface area is 374 Å². The number of hydrogen-bond donors (Lipinski definition) is 0. The molecule has 0 bridgehead atoms. The van der Waals surface area contributed by atoms with Crippen LogP contribution >= 0.6 is 0 Å². The van der Waals surface area contributed by atoms with E-state index in [1.165, 1.54) is 149 Å². The van der Waals surface area contributed by atoms with Gasteiger partial charge < -0.3 is 9.13 Å². The maximum absolute atomic E-state index is 2.73. The van der Waals surface area contributed by atoms with Crippen LogP contribution in [-0.4, -0.2) is 15.8 Å². The third-order valence-electron chi connectivity index (χ3n) is 17.1. The first kappa shape index (κ1) is 32.5. The molecule has 294 valence electrons. The minimum absolute atomic E-state index is 0.0182. The highest BCUT2D eigenvalue weighted by atomic mass is 15.1. The summed E-state index contributed by atoms with van der Waals surface area (Å²) >= 11 is 0. The minimum Gasteiger partial charge on any atom is -0.310 e. The zero-order valence-electron chi connectivity index (χ0n) is 35.0. The predicted octanol–water partition coefficient (Wildman–Crippen LogP) is 12.0. The monoisotopic (exact) mass is 816 g/mol. The minimum atomic E-state index is -0.496. The molecule has 0 amide bonds. The maximum atomic E-state index is 2.73. The molecule has 0 radical (unpaired) electrons. The van der Waals surface area contributed by atoms with E-state index in [4.69, 9.17) is 0 Å². The van der Waals surface area contributed by atoms with Gasteiger partial charge in [0.05, 0.1) is 21.9 Å². The molecule has 0 unspecified atom stereocenters. The average Bonchev–Trinajstić information content (AvgIpc) is 4.14. The molecule has 0 atom stereocenters. The van der Waals surface area contributed by atoms with Gasteiger partial charge >= 0.3 is 0 Å². The van der Waals surface area contributed by atoms with Crippen LogP contribution in [0.2, 0.25) is 0 Å². The molecule has 3 aliphatic heterocycles. The maximum Gasteiger partial charge on any atom is 0.253 e. The molecule has 2 nitrogen and oxygen atoms in total. The molecule has 65 heavy (non-hydrogen) atoms. The Balaban J connectivity index is 1.10. The lowest BCUT2D eigenvalue weighted by Crippen LogP contribution is -2.61. The molecule has 12 aromatic rings. The van der Waals surface area contributed by atoms with Crippen LogP contribution in [0.4, 0.5) is 0 Å². The molecule has 0 N–H and O–H groups in total. The van der Waals surface area contributed by atoms with Crippen LogP contribution in [0.15, 0.2) is 200 Å². The first-order valence-corrected chi connectivity index (χ1v) is 23.1. The highest BCUT2D eigenvalue weighted by Gasteiger charge is 2.57. The summed E-state index contributed by atoms with van der Waals surface area (Å²) in [4.78, 5) is 0. The molecule has 6 aliphatic rings. The van der Waals surface area contributed by atoms with Crippen molar-refractivity contribution in [1.82, 2.24) is 9.13 Å². The zero-order valence-corrected chi connectivity index (χ0v) is 35.0. The molecule has 5 heterocycles. The highest BCUT2D eigenvalue weighted by molar-refractivity contribution is 7.01. The van der Waals surface area contributed by atoms with Gasteiger partial charge in [-0.3, -0.25) is 0 Å². The fourth-order valence-electron chi connectivity index (χ4n) is 15.2. The van der Waals surface area contributed by atoms with Gasteiger partial charge in [0.2, 0.25) is 0 Å². The summed E-state index contributed by atoms with van der Waals surface area (Å²) in [7, 11) is 0. The number of aromatic nitrogens is 2. The Morgan fingerprint density at radius 1 is 0.323 bits per heavy atom. The number of hydrogen-bond acceptors (Lipinski definition) is 0. The normalized spacial score (nSPS) is 15.6. The molecule has 3 heteroatoms. The van der Waals surface area contributed by atoms with Crippen molar-refractivity contribution in [3.63, 3.8) is 0 Å². The fourth-order valence-corrected chi connectivity index (χ4v) is 15.2. The zero-order chi connectivity index (χ0) is 41.7. The Hall–Kier alpha value is -8.14. The summed E-state index contributed by atoms with van der Waals surface area (Å²) in [6, 6.07) is 77.7. The van der Waals surface area contributed by atoms with Gasteiger partial charge in [0.1, 0.15) is 0 Å². The van der Waals surface area contributed by atoms with Crippen molar-refractivity contribution in [2.24, 2.45) is 0 Å². The van der Waals surface area contributed by atoms with E-state index >= 15 is 0 Å². The summed E-state index contributed by atoms with van der Waals surface area (Å²) in [5.41, 5.74) is 30.5. The molecule has 3 aliphatic carbocycles. The number of para-hydroxylation sites is 3. The summed E-state index contributed by atoms with van der Waals surface area (Å²) < 4.78 is 5.40. The van der Waals surface area contributed by atoms with Gasteiger partial charge in [-0.15, -0.1) is 0 Å². The molecule has 2 spiro atoms. The molecule has 0 saturated carbocycles. The second kappa shape index (κ2) is 10.4. The van der Waals surface area contributed by atoms with E-state index in [9.17, 15) is 0 Å². The van der Waals surface area contributed by atoms with Crippen molar-refractivity contribution in [1.29, 1.82) is 0 Å². The fraction of sp³-hybridized carbons (Fsp3) is 0.0323. The quantitative estimate of drug-likeness (QED) is 0.135. The second-order valence-electron chi connectivity index (χ2n) is 19.3. The summed E-state index contributed by atoms with van der Waals surface area (Å²) in [6.45, 7) is -0.0182. The van der Waals surface area contributed by atoms with E-state index in [-0.39, 0.29) is 6.71 Å². The molecule has 18 rings (SSSR count). The van der Waals surface area contributed by atoms with Crippen LogP contribution < -0.4 is 16.4 Å². The smallest absolute Gasteiger partial charge is 0.253 e. The Morgan fingerprint density at radius 2 is 0.831 bits per heavy atom. The van der Waals surface area contributed by atoms with Crippen LogP contribution in [0.5, 0.6) is 0 Å². The highest BCUT2D eigenvalue weighted by Crippen LogP contribution is 2.65. The van der Waals surface area contributed by atoms with Gasteiger partial charge in [0.15, 0.2) is 0 Å². The summed E-state index contributed by atoms with van der Waals surface area (Å²) in [5, 5.41) is 5.31. The van der Waals surface area contributed by atoms with Crippen molar-refractivity contribution in [2.75, 3.05) is 0 Å². The summed E-state index contributed by atoms with van der Waals surface area (Å²) in [5.74, 6) is 0. The van der Waals surface area contributed by atoms with Crippen molar-refractivity contribution in [3.8, 4) is 44.8 Å². The first-order chi connectivity index (χ1) is 32.3. The number of nitrogens with zero attached hydrogens (tertiary/aromatic N) is 2. The Morgan fingerprint density at radius 3 is 1.49 bits per heavy atom. The first-order valence-electron chi connectivity index (χ1n) is 23.1. The molecule has 0 fully saturated rings. The third-order valence-corrected chi connectivity index (χ3v) is 17.1. The Kier molecular flexibility index (Phi) is 5.23. The van der Waals surface area contributed by atoms with Gasteiger partial charge in [0, 0.05) is 44.0 Å². The number of fused-ring (bicyclic) bond motifs is 25. The van der Waals surface area contributed by atoms with Crippen molar-refractivity contribution < 1.29 is 0 Å². The molecule has 2 aromatic heterocycles. The van der Waals surface area contributed by atoms with Crippen LogP contribution in [0.3, 0.4) is 0 Å². The van der Waals surface area contributed by atoms with Gasteiger partial charge in [0.25, 0.3) is 6.71 Å². The predicted molar refractivity (Wildman–Crippen MR) is 267 cm³/mol. The van der Waals surface area contributed by atoms with Crippen molar-refractivity contribution in [3.05, 3.63) is 245 Å². The Bertz CT molecular complexity index is 4240. The number of benzene rings is 10. The molecular weight excluding hydrogens is 784 g/mol. The van der Waals surface area contributed by atoms with Crippen LogP contribution in [0, 0.1) is 0 Å². The SMILES string of the molecule is c1ccc2c(c1)-c1ccccc1C21c2ccccc2-c2c1cc1c3ccccc3n3c1c2B1c2c-3ccc3c2-n2c4c1cccc4c1cccc(c12)C31c2ccccc2-c2ccccc21. The van der Waals surface area contributed by atoms with Crippen LogP contribution in [0.1, 0.15) is 44.5 Å². The van der Waals surface area contributed by atoms with E-state index < -0.39 is 10.8 Å². The van der Waals surface area contributed by atoms with E-state index in [1.54, 1.807) is 0 Å². The topological polar surface area (TPSA) is 9.86 Å². The van der Waals surface area contributed by atoms with Gasteiger partial charge in [-0.25, -0.2) is 0 Å². The van der Waals surface area contributed by atoms with E-state index in [1.807, 2.05) is 0 Å². The molecule has 10 aromatic carbocycles. The number of rotatable bonds is 0. The standard InChI is InChI=1S/C62H33BN2/c1-7-23-43-34(15-1)35-16-2-8-24-44(35)61(43)47-27-11-5-20-41(47)54-50(61)33-42-38-19-6-12-30-52(38)64-53-32-31-49-60-55(53)63(56(54)59(42)64)51-29-14-22-40-39-21-13-28-48(57(39)65(60)58(40)51)62(49)45-25-9-3-17-36(45)37-18-4-10-26-46(37)62/h1-33H. The molecular formula is C62H33BN2. The van der Waals surface area contributed by atoms with Gasteiger partial charge in [-0.2, -0.15) is 0 Å².